The van der Waals surface area contributed by atoms with E-state index in [-0.39, 0.29) is 5.82 Å². The van der Waals surface area contributed by atoms with Crippen molar-refractivity contribution in [3.8, 4) is 11.5 Å². The molecule has 3 nitrogen and oxygen atoms in total. The lowest BCUT2D eigenvalue weighted by atomic mass is 10.1. The molecule has 3 aromatic carbocycles. The molecular formula is C21H20FNO2. The second-order valence-corrected chi connectivity index (χ2v) is 5.58. The minimum absolute atomic E-state index is 0.251. The van der Waals surface area contributed by atoms with Crippen molar-refractivity contribution in [2.45, 2.75) is 13.2 Å². The lowest BCUT2D eigenvalue weighted by molar-refractivity contribution is 0.281. The summed E-state index contributed by atoms with van der Waals surface area (Å²) in [6, 6.07) is 22.1. The molecule has 1 N–H and O–H groups in total. The van der Waals surface area contributed by atoms with Gasteiger partial charge in [-0.3, -0.25) is 0 Å². The molecule has 25 heavy (non-hydrogen) atoms. The first-order valence-electron chi connectivity index (χ1n) is 8.08. The molecule has 0 saturated carbocycles. The third-order valence-corrected chi connectivity index (χ3v) is 3.83. The summed E-state index contributed by atoms with van der Waals surface area (Å²) in [5.41, 5.74) is 2.91. The first-order chi connectivity index (χ1) is 12.3. The smallest absolute Gasteiger partial charge is 0.166 e. The largest absolute Gasteiger partial charge is 0.493 e. The van der Waals surface area contributed by atoms with Crippen LogP contribution in [-0.4, -0.2) is 7.11 Å². The average Bonchev–Trinajstić information content (AvgIpc) is 2.67. The number of nitrogens with one attached hydrogen (secondary N) is 1. The van der Waals surface area contributed by atoms with Gasteiger partial charge in [0, 0.05) is 17.8 Å². The Kier molecular flexibility index (Phi) is 5.52. The monoisotopic (exact) mass is 337 g/mol. The zero-order chi connectivity index (χ0) is 17.5. The lowest BCUT2D eigenvalue weighted by Crippen LogP contribution is -2.05. The molecule has 0 spiro atoms. The molecule has 128 valence electrons. The Balaban J connectivity index is 1.75. The van der Waals surface area contributed by atoms with Crippen LogP contribution < -0.4 is 14.8 Å². The quantitative estimate of drug-likeness (QED) is 0.656. The van der Waals surface area contributed by atoms with Crippen molar-refractivity contribution in [3.05, 3.63) is 89.7 Å². The van der Waals surface area contributed by atoms with Gasteiger partial charge in [0.15, 0.2) is 11.5 Å². The highest BCUT2D eigenvalue weighted by Crippen LogP contribution is 2.32. The highest BCUT2D eigenvalue weighted by atomic mass is 19.1. The van der Waals surface area contributed by atoms with E-state index in [1.54, 1.807) is 19.2 Å². The second-order valence-electron chi connectivity index (χ2n) is 5.58. The van der Waals surface area contributed by atoms with Gasteiger partial charge in [0.2, 0.25) is 0 Å². The van der Waals surface area contributed by atoms with Crippen molar-refractivity contribution in [3.63, 3.8) is 0 Å². The Morgan fingerprint density at radius 2 is 1.64 bits per heavy atom. The van der Waals surface area contributed by atoms with E-state index in [2.05, 4.69) is 5.32 Å². The maximum absolute atomic E-state index is 13.0. The van der Waals surface area contributed by atoms with Gasteiger partial charge in [0.1, 0.15) is 12.4 Å². The number of para-hydroxylation sites is 1. The molecule has 0 aromatic heterocycles. The minimum Gasteiger partial charge on any atom is -0.493 e. The molecule has 0 unspecified atom stereocenters. The van der Waals surface area contributed by atoms with Crippen molar-refractivity contribution in [2.75, 3.05) is 12.4 Å². The first kappa shape index (κ1) is 16.8. The molecule has 0 heterocycles. The molecule has 0 aliphatic heterocycles. The van der Waals surface area contributed by atoms with E-state index < -0.39 is 0 Å². The highest BCUT2D eigenvalue weighted by Gasteiger charge is 2.11. The summed E-state index contributed by atoms with van der Waals surface area (Å²) in [5, 5.41) is 3.28. The van der Waals surface area contributed by atoms with Gasteiger partial charge in [-0.15, -0.1) is 0 Å². The fourth-order valence-corrected chi connectivity index (χ4v) is 2.52. The van der Waals surface area contributed by atoms with Crippen LogP contribution in [0.5, 0.6) is 11.5 Å². The molecule has 0 atom stereocenters. The maximum atomic E-state index is 13.0. The number of hydrogen-bond donors (Lipinski definition) is 1. The number of methoxy groups -OCH3 is 1. The molecule has 0 aliphatic rings. The predicted molar refractivity (Wildman–Crippen MR) is 97.5 cm³/mol. The average molecular weight is 337 g/mol. The number of ether oxygens (including phenoxy) is 2. The van der Waals surface area contributed by atoms with E-state index in [4.69, 9.17) is 9.47 Å². The molecular weight excluding hydrogens is 317 g/mol. The highest BCUT2D eigenvalue weighted by molar-refractivity contribution is 5.50. The minimum atomic E-state index is -0.251. The van der Waals surface area contributed by atoms with Gasteiger partial charge in [-0.2, -0.15) is 0 Å². The standard InChI is InChI=1S/C21H20FNO2/c1-24-20-9-5-8-17(14-23-19-12-10-18(22)11-13-19)21(20)25-15-16-6-3-2-4-7-16/h2-13,23H,14-15H2,1H3. The summed E-state index contributed by atoms with van der Waals surface area (Å²) in [6.07, 6.45) is 0. The van der Waals surface area contributed by atoms with Crippen LogP contribution in [-0.2, 0) is 13.2 Å². The van der Waals surface area contributed by atoms with E-state index in [1.165, 1.54) is 12.1 Å². The summed E-state index contributed by atoms with van der Waals surface area (Å²) in [7, 11) is 1.63. The second kappa shape index (κ2) is 8.20. The number of rotatable bonds is 7. The third-order valence-electron chi connectivity index (χ3n) is 3.83. The van der Waals surface area contributed by atoms with Crippen LogP contribution in [0.3, 0.4) is 0 Å². The predicted octanol–water partition coefficient (Wildman–Crippen LogP) is 5.03. The van der Waals surface area contributed by atoms with Crippen LogP contribution in [0.4, 0.5) is 10.1 Å². The molecule has 0 aliphatic carbocycles. The van der Waals surface area contributed by atoms with Gasteiger partial charge in [-0.05, 0) is 35.9 Å². The van der Waals surface area contributed by atoms with E-state index in [1.807, 2.05) is 48.5 Å². The fourth-order valence-electron chi connectivity index (χ4n) is 2.52. The van der Waals surface area contributed by atoms with Gasteiger partial charge in [-0.25, -0.2) is 4.39 Å². The van der Waals surface area contributed by atoms with Gasteiger partial charge < -0.3 is 14.8 Å². The molecule has 3 rings (SSSR count). The summed E-state index contributed by atoms with van der Waals surface area (Å²) in [6.45, 7) is 1.01. The molecule has 0 saturated heterocycles. The molecule has 0 amide bonds. The molecule has 0 bridgehead atoms. The summed E-state index contributed by atoms with van der Waals surface area (Å²) < 4.78 is 24.5. The van der Waals surface area contributed by atoms with Gasteiger partial charge in [-0.1, -0.05) is 42.5 Å². The van der Waals surface area contributed by atoms with Crippen LogP contribution in [0, 0.1) is 5.82 Å². The zero-order valence-electron chi connectivity index (χ0n) is 14.0. The summed E-state index contributed by atoms with van der Waals surface area (Å²) >= 11 is 0. The first-order valence-corrected chi connectivity index (χ1v) is 8.08. The van der Waals surface area contributed by atoms with Crippen molar-refractivity contribution in [1.29, 1.82) is 0 Å². The zero-order valence-corrected chi connectivity index (χ0v) is 14.0. The number of hydrogen-bond acceptors (Lipinski definition) is 3. The van der Waals surface area contributed by atoms with Crippen molar-refractivity contribution < 1.29 is 13.9 Å². The molecule has 0 fully saturated rings. The van der Waals surface area contributed by atoms with E-state index in [0.29, 0.717) is 24.7 Å². The number of halogens is 1. The SMILES string of the molecule is COc1cccc(CNc2ccc(F)cc2)c1OCc1ccccc1. The maximum Gasteiger partial charge on any atom is 0.166 e. The van der Waals surface area contributed by atoms with Crippen LogP contribution in [0.2, 0.25) is 0 Å². The number of benzene rings is 3. The van der Waals surface area contributed by atoms with E-state index >= 15 is 0 Å². The molecule has 4 heteroatoms. The van der Waals surface area contributed by atoms with Crippen LogP contribution in [0.1, 0.15) is 11.1 Å². The number of anilines is 1. The molecule has 3 aromatic rings. The van der Waals surface area contributed by atoms with Crippen LogP contribution >= 0.6 is 0 Å². The summed E-state index contributed by atoms with van der Waals surface area (Å²) in [5.74, 6) is 1.15. The third kappa shape index (κ3) is 4.51. The Morgan fingerprint density at radius 1 is 0.880 bits per heavy atom. The fraction of sp³-hybridized carbons (Fsp3) is 0.143. The Hall–Kier alpha value is -3.01. The van der Waals surface area contributed by atoms with Gasteiger partial charge in [0.25, 0.3) is 0 Å². The Labute approximate surface area is 147 Å². The van der Waals surface area contributed by atoms with Crippen LogP contribution in [0.25, 0.3) is 0 Å². The Morgan fingerprint density at radius 3 is 2.36 bits per heavy atom. The van der Waals surface area contributed by atoms with Gasteiger partial charge >= 0.3 is 0 Å². The normalized spacial score (nSPS) is 10.3. The van der Waals surface area contributed by atoms with Crippen molar-refractivity contribution >= 4 is 5.69 Å². The topological polar surface area (TPSA) is 30.5 Å². The van der Waals surface area contributed by atoms with Gasteiger partial charge in [0.05, 0.1) is 7.11 Å². The van der Waals surface area contributed by atoms with E-state index in [9.17, 15) is 4.39 Å². The lowest BCUT2D eigenvalue weighted by Gasteiger charge is -2.16. The Bertz CT molecular complexity index is 804. The van der Waals surface area contributed by atoms with Crippen molar-refractivity contribution in [2.24, 2.45) is 0 Å². The van der Waals surface area contributed by atoms with Crippen molar-refractivity contribution in [1.82, 2.24) is 0 Å². The van der Waals surface area contributed by atoms with Crippen LogP contribution in [0.15, 0.2) is 72.8 Å². The van der Waals surface area contributed by atoms with E-state index in [0.717, 1.165) is 16.8 Å². The summed E-state index contributed by atoms with van der Waals surface area (Å²) in [4.78, 5) is 0. The molecule has 0 radical (unpaired) electrons.